The van der Waals surface area contributed by atoms with Gasteiger partial charge in [-0.2, -0.15) is 0 Å². The topological polar surface area (TPSA) is 75.6 Å². The summed E-state index contributed by atoms with van der Waals surface area (Å²) >= 11 is 0. The molecule has 0 spiro atoms. The van der Waals surface area contributed by atoms with Gasteiger partial charge in [-0.15, -0.1) is 0 Å². The zero-order valence-electron chi connectivity index (χ0n) is 12.2. The number of hydrogen-bond donors (Lipinski definition) is 2. The largest absolute Gasteiger partial charge is 0.480 e. The molecule has 1 unspecified atom stereocenters. The third-order valence-electron chi connectivity index (χ3n) is 4.60. The van der Waals surface area contributed by atoms with Crippen LogP contribution in [0.15, 0.2) is 0 Å². The van der Waals surface area contributed by atoms with E-state index in [1.807, 2.05) is 0 Å². The Morgan fingerprint density at radius 3 is 2.50 bits per heavy atom. The van der Waals surface area contributed by atoms with E-state index in [-0.39, 0.29) is 18.4 Å². The molecular formula is C15H25NO4. The van der Waals surface area contributed by atoms with E-state index < -0.39 is 11.5 Å². The van der Waals surface area contributed by atoms with Crippen LogP contribution in [0.2, 0.25) is 0 Å². The lowest BCUT2D eigenvalue weighted by Crippen LogP contribution is -2.56. The molecule has 5 heteroatoms. The Labute approximate surface area is 120 Å². The molecule has 1 amide bonds. The molecule has 1 aliphatic heterocycles. The van der Waals surface area contributed by atoms with Crippen LogP contribution in [-0.4, -0.2) is 35.2 Å². The van der Waals surface area contributed by atoms with Crippen molar-refractivity contribution in [3.05, 3.63) is 0 Å². The van der Waals surface area contributed by atoms with E-state index in [2.05, 4.69) is 12.2 Å². The number of carboxylic acids is 1. The van der Waals surface area contributed by atoms with Crippen molar-refractivity contribution >= 4 is 11.9 Å². The maximum absolute atomic E-state index is 12.1. The number of ether oxygens (including phenoxy) is 1. The third-order valence-corrected chi connectivity index (χ3v) is 4.60. The highest BCUT2D eigenvalue weighted by atomic mass is 16.5. The molecule has 1 heterocycles. The molecule has 1 saturated heterocycles. The highest BCUT2D eigenvalue weighted by Gasteiger charge is 2.42. The number of hydrogen-bond acceptors (Lipinski definition) is 3. The molecule has 2 aliphatic rings. The molecule has 1 aliphatic carbocycles. The molecule has 20 heavy (non-hydrogen) atoms. The van der Waals surface area contributed by atoms with Crippen LogP contribution in [-0.2, 0) is 14.3 Å². The van der Waals surface area contributed by atoms with Crippen LogP contribution in [0, 0.1) is 5.92 Å². The number of rotatable bonds is 4. The van der Waals surface area contributed by atoms with Crippen LogP contribution in [0.1, 0.15) is 58.3 Å². The number of nitrogens with one attached hydrogen (secondary N) is 1. The fourth-order valence-electron chi connectivity index (χ4n) is 3.14. The maximum atomic E-state index is 12.1. The van der Waals surface area contributed by atoms with Crippen molar-refractivity contribution in [2.24, 2.45) is 5.92 Å². The molecule has 2 fully saturated rings. The first-order valence-electron chi connectivity index (χ1n) is 7.68. The Balaban J connectivity index is 1.90. The van der Waals surface area contributed by atoms with Crippen LogP contribution in [0.4, 0.5) is 0 Å². The second-order valence-electron chi connectivity index (χ2n) is 6.31. The Morgan fingerprint density at radius 1 is 1.25 bits per heavy atom. The van der Waals surface area contributed by atoms with E-state index in [1.54, 1.807) is 0 Å². The summed E-state index contributed by atoms with van der Waals surface area (Å²) in [6.07, 6.45) is 6.03. The minimum atomic E-state index is -1.06. The van der Waals surface area contributed by atoms with E-state index in [4.69, 9.17) is 4.74 Å². The van der Waals surface area contributed by atoms with Gasteiger partial charge >= 0.3 is 5.97 Å². The molecule has 114 valence electrons. The van der Waals surface area contributed by atoms with Gasteiger partial charge in [0.2, 0.25) is 5.91 Å². The SMILES string of the molecule is CC1CCC(NC(=O)CC2CCCCO2)(C(=O)O)CC1. The van der Waals surface area contributed by atoms with Crippen molar-refractivity contribution in [2.45, 2.75) is 69.9 Å². The van der Waals surface area contributed by atoms with Crippen LogP contribution in [0.3, 0.4) is 0 Å². The molecular weight excluding hydrogens is 258 g/mol. The zero-order chi connectivity index (χ0) is 14.6. The van der Waals surface area contributed by atoms with Crippen molar-refractivity contribution in [2.75, 3.05) is 6.61 Å². The minimum Gasteiger partial charge on any atom is -0.480 e. The quantitative estimate of drug-likeness (QED) is 0.828. The predicted molar refractivity (Wildman–Crippen MR) is 74.3 cm³/mol. The van der Waals surface area contributed by atoms with Crippen LogP contribution in [0.25, 0.3) is 0 Å². The van der Waals surface area contributed by atoms with Crippen molar-refractivity contribution in [3.8, 4) is 0 Å². The van der Waals surface area contributed by atoms with Crippen molar-refractivity contribution in [1.29, 1.82) is 0 Å². The molecule has 0 aromatic rings. The van der Waals surface area contributed by atoms with E-state index in [1.165, 1.54) is 0 Å². The summed E-state index contributed by atoms with van der Waals surface area (Å²) in [4.78, 5) is 23.7. The molecule has 0 bridgehead atoms. The zero-order valence-corrected chi connectivity index (χ0v) is 12.2. The standard InChI is InChI=1S/C15H25NO4/c1-11-5-7-15(8-6-11,14(18)19)16-13(17)10-12-4-2-3-9-20-12/h11-12H,2-10H2,1H3,(H,16,17)(H,18,19). The summed E-state index contributed by atoms with van der Waals surface area (Å²) in [7, 11) is 0. The lowest BCUT2D eigenvalue weighted by Gasteiger charge is -2.36. The van der Waals surface area contributed by atoms with Gasteiger partial charge in [-0.05, 0) is 50.9 Å². The Morgan fingerprint density at radius 2 is 1.95 bits per heavy atom. The van der Waals surface area contributed by atoms with Gasteiger partial charge in [0.25, 0.3) is 0 Å². The Bertz CT molecular complexity index is 355. The highest BCUT2D eigenvalue weighted by molar-refractivity contribution is 5.87. The van der Waals surface area contributed by atoms with Gasteiger partial charge in [0, 0.05) is 6.61 Å². The normalized spacial score (nSPS) is 34.5. The molecule has 1 saturated carbocycles. The summed E-state index contributed by atoms with van der Waals surface area (Å²) in [5, 5.41) is 12.3. The summed E-state index contributed by atoms with van der Waals surface area (Å²) in [6, 6.07) is 0. The van der Waals surface area contributed by atoms with Crippen molar-refractivity contribution in [1.82, 2.24) is 5.32 Å². The van der Waals surface area contributed by atoms with E-state index in [0.717, 1.165) is 32.1 Å². The van der Waals surface area contributed by atoms with E-state index in [0.29, 0.717) is 25.4 Å². The third kappa shape index (κ3) is 3.72. The first kappa shape index (κ1) is 15.3. The minimum absolute atomic E-state index is 0.0443. The number of carbonyl (C=O) groups excluding carboxylic acids is 1. The Kier molecular flexibility index (Phi) is 5.02. The molecule has 0 aromatic carbocycles. The second kappa shape index (κ2) is 6.57. The van der Waals surface area contributed by atoms with Crippen LogP contribution < -0.4 is 5.32 Å². The summed E-state index contributed by atoms with van der Waals surface area (Å²) in [5.74, 6) is -0.544. The average Bonchev–Trinajstić information content (AvgIpc) is 2.42. The second-order valence-corrected chi connectivity index (χ2v) is 6.31. The lowest BCUT2D eigenvalue weighted by atomic mass is 9.77. The highest BCUT2D eigenvalue weighted by Crippen LogP contribution is 2.32. The molecule has 1 atom stereocenters. The van der Waals surface area contributed by atoms with Gasteiger partial charge in [-0.1, -0.05) is 6.92 Å². The summed E-state index contributed by atoms with van der Waals surface area (Å²) in [6.45, 7) is 2.84. The first-order chi connectivity index (χ1) is 9.52. The average molecular weight is 283 g/mol. The molecule has 2 N–H and O–H groups in total. The van der Waals surface area contributed by atoms with Gasteiger partial charge < -0.3 is 15.2 Å². The van der Waals surface area contributed by atoms with Gasteiger partial charge in [0.1, 0.15) is 5.54 Å². The maximum Gasteiger partial charge on any atom is 0.329 e. The predicted octanol–water partition coefficient (Wildman–Crippen LogP) is 2.10. The smallest absolute Gasteiger partial charge is 0.329 e. The molecule has 5 nitrogen and oxygen atoms in total. The fraction of sp³-hybridized carbons (Fsp3) is 0.867. The fourth-order valence-corrected chi connectivity index (χ4v) is 3.14. The summed E-state index contributed by atoms with van der Waals surface area (Å²) in [5.41, 5.74) is -1.06. The van der Waals surface area contributed by atoms with Gasteiger partial charge in [0.15, 0.2) is 0 Å². The number of carbonyl (C=O) groups is 2. The van der Waals surface area contributed by atoms with Gasteiger partial charge in [-0.3, -0.25) is 4.79 Å². The molecule has 2 rings (SSSR count). The van der Waals surface area contributed by atoms with Crippen LogP contribution in [0.5, 0.6) is 0 Å². The monoisotopic (exact) mass is 283 g/mol. The molecule has 0 aromatic heterocycles. The van der Waals surface area contributed by atoms with E-state index >= 15 is 0 Å². The van der Waals surface area contributed by atoms with Crippen molar-refractivity contribution < 1.29 is 19.4 Å². The number of aliphatic carboxylic acids is 1. The first-order valence-corrected chi connectivity index (χ1v) is 7.68. The van der Waals surface area contributed by atoms with Gasteiger partial charge in [0.05, 0.1) is 12.5 Å². The number of amides is 1. The number of carboxylic acid groups (broad SMARTS) is 1. The van der Waals surface area contributed by atoms with Crippen LogP contribution >= 0.6 is 0 Å². The van der Waals surface area contributed by atoms with E-state index in [9.17, 15) is 14.7 Å². The summed E-state index contributed by atoms with van der Waals surface area (Å²) < 4.78 is 5.54. The van der Waals surface area contributed by atoms with Crippen molar-refractivity contribution in [3.63, 3.8) is 0 Å². The lowest BCUT2D eigenvalue weighted by molar-refractivity contribution is -0.150. The molecule has 0 radical (unpaired) electrons. The van der Waals surface area contributed by atoms with Gasteiger partial charge in [-0.25, -0.2) is 4.79 Å². The Hall–Kier alpha value is -1.10.